The van der Waals surface area contributed by atoms with Crippen molar-refractivity contribution in [3.8, 4) is 0 Å². The molecule has 4 rings (SSSR count). The summed E-state index contributed by atoms with van der Waals surface area (Å²) in [4.78, 5) is 17.7. The van der Waals surface area contributed by atoms with Gasteiger partial charge in [0.2, 0.25) is 5.91 Å². The number of amides is 1. The van der Waals surface area contributed by atoms with Crippen LogP contribution in [-0.2, 0) is 4.79 Å². The predicted molar refractivity (Wildman–Crippen MR) is 110 cm³/mol. The van der Waals surface area contributed by atoms with E-state index >= 15 is 0 Å². The van der Waals surface area contributed by atoms with Crippen LogP contribution in [0, 0.1) is 17.8 Å². The Morgan fingerprint density at radius 1 is 1.07 bits per heavy atom. The Bertz CT molecular complexity index is 642. The van der Waals surface area contributed by atoms with Gasteiger partial charge in [-0.25, -0.2) is 0 Å². The van der Waals surface area contributed by atoms with Crippen LogP contribution in [0.25, 0.3) is 0 Å². The van der Waals surface area contributed by atoms with Crippen molar-refractivity contribution >= 4 is 17.5 Å². The Balaban J connectivity index is 1.32. The number of nitrogens with two attached hydrogens (primary N) is 1. The number of halogens is 1. The second-order valence-electron chi connectivity index (χ2n) is 8.79. The highest BCUT2D eigenvalue weighted by atomic mass is 35.5. The summed E-state index contributed by atoms with van der Waals surface area (Å²) in [6.45, 7) is 5.80. The van der Waals surface area contributed by atoms with Gasteiger partial charge in [0.1, 0.15) is 0 Å². The molecule has 3 fully saturated rings. The van der Waals surface area contributed by atoms with Gasteiger partial charge in [-0.2, -0.15) is 0 Å². The van der Waals surface area contributed by atoms with Gasteiger partial charge in [0.15, 0.2) is 0 Å². The van der Waals surface area contributed by atoms with Gasteiger partial charge < -0.3 is 10.6 Å². The molecular formula is C22H32ClN3O. The lowest BCUT2D eigenvalue weighted by atomic mass is 9.65. The summed E-state index contributed by atoms with van der Waals surface area (Å²) in [5.74, 6) is 1.73. The predicted octanol–water partition coefficient (Wildman–Crippen LogP) is 3.70. The van der Waals surface area contributed by atoms with Gasteiger partial charge in [0.25, 0.3) is 0 Å². The van der Waals surface area contributed by atoms with Crippen LogP contribution in [0.15, 0.2) is 24.3 Å². The third kappa shape index (κ3) is 4.03. The molecule has 2 N–H and O–H groups in total. The molecule has 1 aliphatic heterocycles. The zero-order valence-electron chi connectivity index (χ0n) is 16.3. The number of benzene rings is 1. The van der Waals surface area contributed by atoms with Crippen LogP contribution < -0.4 is 5.73 Å². The second kappa shape index (κ2) is 8.10. The number of hydrogen-bond donors (Lipinski definition) is 1. The fourth-order valence-corrected chi connectivity index (χ4v) is 5.66. The van der Waals surface area contributed by atoms with Crippen LogP contribution in [0.3, 0.4) is 0 Å². The fraction of sp³-hybridized carbons (Fsp3) is 0.682. The number of carbonyl (C=O) groups excluding carboxylic acids is 1. The van der Waals surface area contributed by atoms with Gasteiger partial charge in [0.05, 0.1) is 0 Å². The molecule has 3 unspecified atom stereocenters. The van der Waals surface area contributed by atoms with Crippen LogP contribution in [0.1, 0.15) is 50.6 Å². The molecule has 4 nitrogen and oxygen atoms in total. The van der Waals surface area contributed by atoms with E-state index in [1.165, 1.54) is 24.8 Å². The van der Waals surface area contributed by atoms with Gasteiger partial charge >= 0.3 is 0 Å². The summed E-state index contributed by atoms with van der Waals surface area (Å²) in [7, 11) is 0. The number of fused-ring (bicyclic) bond motifs is 2. The van der Waals surface area contributed by atoms with Gasteiger partial charge in [-0.05, 0) is 62.1 Å². The Morgan fingerprint density at radius 3 is 2.26 bits per heavy atom. The van der Waals surface area contributed by atoms with Crippen molar-refractivity contribution in [2.45, 2.75) is 51.1 Å². The summed E-state index contributed by atoms with van der Waals surface area (Å²) in [6.07, 6.45) is 5.75. The molecule has 3 aliphatic rings. The lowest BCUT2D eigenvalue weighted by Gasteiger charge is -2.45. The maximum Gasteiger partial charge on any atom is 0.225 e. The molecule has 1 heterocycles. The van der Waals surface area contributed by atoms with Crippen LogP contribution in [-0.4, -0.2) is 47.9 Å². The molecule has 0 radical (unpaired) electrons. The molecule has 1 aromatic carbocycles. The molecule has 0 spiro atoms. The highest BCUT2D eigenvalue weighted by molar-refractivity contribution is 6.30. The molecule has 1 saturated heterocycles. The average molecular weight is 390 g/mol. The van der Waals surface area contributed by atoms with Crippen molar-refractivity contribution in [2.75, 3.05) is 26.2 Å². The first-order valence-corrected chi connectivity index (χ1v) is 10.9. The molecule has 2 bridgehead atoms. The van der Waals surface area contributed by atoms with E-state index in [0.717, 1.165) is 44.0 Å². The number of carbonyl (C=O) groups is 1. The fourth-order valence-electron chi connectivity index (χ4n) is 5.53. The number of hydrogen-bond acceptors (Lipinski definition) is 3. The van der Waals surface area contributed by atoms with E-state index in [1.54, 1.807) is 0 Å². The number of piperazine rings is 1. The minimum absolute atomic E-state index is 0.209. The highest BCUT2D eigenvalue weighted by Gasteiger charge is 2.42. The molecule has 3 atom stereocenters. The summed E-state index contributed by atoms with van der Waals surface area (Å²) in [6, 6.07) is 8.81. The highest BCUT2D eigenvalue weighted by Crippen LogP contribution is 2.42. The first kappa shape index (κ1) is 19.2. The Morgan fingerprint density at radius 2 is 1.67 bits per heavy atom. The normalized spacial score (nSPS) is 32.9. The first-order valence-electron chi connectivity index (χ1n) is 10.6. The molecule has 1 amide bonds. The number of rotatable bonds is 3. The molecule has 2 aliphatic carbocycles. The van der Waals surface area contributed by atoms with E-state index < -0.39 is 0 Å². The third-order valence-electron chi connectivity index (χ3n) is 7.29. The van der Waals surface area contributed by atoms with E-state index in [4.69, 9.17) is 17.3 Å². The van der Waals surface area contributed by atoms with Gasteiger partial charge in [-0.3, -0.25) is 9.69 Å². The number of nitrogens with zero attached hydrogens (tertiary/aromatic N) is 2. The van der Waals surface area contributed by atoms with Crippen molar-refractivity contribution in [1.82, 2.24) is 9.80 Å². The topological polar surface area (TPSA) is 49.6 Å². The maximum absolute atomic E-state index is 13.1. The third-order valence-corrected chi connectivity index (χ3v) is 7.54. The van der Waals surface area contributed by atoms with Gasteiger partial charge in [-0.15, -0.1) is 0 Å². The molecule has 5 heteroatoms. The molecular weight excluding hydrogens is 358 g/mol. The molecule has 1 aromatic rings. The zero-order valence-corrected chi connectivity index (χ0v) is 17.1. The van der Waals surface area contributed by atoms with Crippen LogP contribution >= 0.6 is 11.6 Å². The summed E-state index contributed by atoms with van der Waals surface area (Å²) < 4.78 is 0. The lowest BCUT2D eigenvalue weighted by Crippen LogP contribution is -2.53. The van der Waals surface area contributed by atoms with E-state index in [1.807, 2.05) is 12.1 Å². The Hall–Kier alpha value is -1.10. The van der Waals surface area contributed by atoms with E-state index in [-0.39, 0.29) is 5.92 Å². The van der Waals surface area contributed by atoms with Crippen molar-refractivity contribution in [3.05, 3.63) is 34.9 Å². The minimum Gasteiger partial charge on any atom is -0.340 e. The molecule has 27 heavy (non-hydrogen) atoms. The summed E-state index contributed by atoms with van der Waals surface area (Å²) >= 11 is 6.01. The standard InChI is InChI=1S/C22H32ClN3O/c1-15(16-5-7-20(23)8-6-16)25-9-11-26(12-10-25)22(27)19-13-17-3-2-4-18(14-19)21(17)24/h5-8,15,17-19,21H,2-4,9-14,24H2,1H3. The van der Waals surface area contributed by atoms with Crippen molar-refractivity contribution in [2.24, 2.45) is 23.5 Å². The van der Waals surface area contributed by atoms with Gasteiger partial charge in [0, 0.05) is 49.2 Å². The second-order valence-corrected chi connectivity index (χ2v) is 9.22. The van der Waals surface area contributed by atoms with Crippen molar-refractivity contribution in [3.63, 3.8) is 0 Å². The van der Waals surface area contributed by atoms with E-state index in [0.29, 0.717) is 29.8 Å². The maximum atomic E-state index is 13.1. The van der Waals surface area contributed by atoms with Crippen LogP contribution in [0.2, 0.25) is 5.02 Å². The Kier molecular flexibility index (Phi) is 5.77. The molecule has 148 valence electrons. The molecule has 2 saturated carbocycles. The molecule has 0 aromatic heterocycles. The first-order chi connectivity index (χ1) is 13.0. The van der Waals surface area contributed by atoms with Gasteiger partial charge in [-0.1, -0.05) is 30.2 Å². The minimum atomic E-state index is 0.209. The average Bonchev–Trinajstić information content (AvgIpc) is 2.67. The quantitative estimate of drug-likeness (QED) is 0.857. The summed E-state index contributed by atoms with van der Waals surface area (Å²) in [5, 5.41) is 0.776. The monoisotopic (exact) mass is 389 g/mol. The van der Waals surface area contributed by atoms with E-state index in [2.05, 4.69) is 28.9 Å². The van der Waals surface area contributed by atoms with Crippen molar-refractivity contribution in [1.29, 1.82) is 0 Å². The Labute approximate surface area is 168 Å². The van der Waals surface area contributed by atoms with E-state index in [9.17, 15) is 4.79 Å². The smallest absolute Gasteiger partial charge is 0.225 e. The largest absolute Gasteiger partial charge is 0.340 e. The van der Waals surface area contributed by atoms with Crippen LogP contribution in [0.5, 0.6) is 0 Å². The van der Waals surface area contributed by atoms with Crippen molar-refractivity contribution < 1.29 is 4.79 Å². The summed E-state index contributed by atoms with van der Waals surface area (Å²) in [5.41, 5.74) is 7.69. The van der Waals surface area contributed by atoms with Crippen LogP contribution in [0.4, 0.5) is 0 Å². The SMILES string of the molecule is CC(c1ccc(Cl)cc1)N1CCN(C(=O)C2CC3CCCC(C2)C3N)CC1. The lowest BCUT2D eigenvalue weighted by molar-refractivity contribution is -0.140. The zero-order chi connectivity index (χ0) is 19.0.